The molecule has 0 bridgehead atoms. The number of nitrogens with zero attached hydrogens (tertiary/aromatic N) is 4. The first kappa shape index (κ1) is 18.1. The summed E-state index contributed by atoms with van der Waals surface area (Å²) in [5, 5.41) is 4.37. The summed E-state index contributed by atoms with van der Waals surface area (Å²) < 4.78 is 41.7. The first-order valence-corrected chi connectivity index (χ1v) is 10.3. The molecule has 0 spiro atoms. The summed E-state index contributed by atoms with van der Waals surface area (Å²) in [6.07, 6.45) is -1.29. The summed E-state index contributed by atoms with van der Waals surface area (Å²) in [6, 6.07) is 3.50. The van der Waals surface area contributed by atoms with Gasteiger partial charge in [-0.2, -0.15) is 30.0 Å². The topological polar surface area (TPSA) is 33.4 Å². The van der Waals surface area contributed by atoms with Crippen LogP contribution in [0.3, 0.4) is 0 Å². The van der Waals surface area contributed by atoms with Gasteiger partial charge in [0.1, 0.15) is 5.69 Å². The Labute approximate surface area is 155 Å². The van der Waals surface area contributed by atoms with Crippen LogP contribution in [0.25, 0.3) is 5.65 Å². The zero-order valence-electron chi connectivity index (χ0n) is 15.0. The third-order valence-electron chi connectivity index (χ3n) is 5.36. The minimum Gasteiger partial charge on any atom is -0.291 e. The Balaban J connectivity index is 1.77. The third-order valence-corrected chi connectivity index (χ3v) is 6.50. The molecule has 0 radical (unpaired) electrons. The molecule has 2 aliphatic heterocycles. The van der Waals surface area contributed by atoms with E-state index in [0.29, 0.717) is 17.4 Å². The van der Waals surface area contributed by atoms with Crippen molar-refractivity contribution >= 4 is 17.4 Å². The van der Waals surface area contributed by atoms with Crippen LogP contribution in [0.5, 0.6) is 0 Å². The first-order valence-electron chi connectivity index (χ1n) is 9.16. The molecular formula is C18H23F3N4S. The van der Waals surface area contributed by atoms with E-state index in [1.165, 1.54) is 0 Å². The van der Waals surface area contributed by atoms with Gasteiger partial charge in [0, 0.05) is 23.6 Å². The van der Waals surface area contributed by atoms with Gasteiger partial charge in [0.2, 0.25) is 0 Å². The highest BCUT2D eigenvalue weighted by Crippen LogP contribution is 2.38. The Hall–Kier alpha value is -1.28. The maximum absolute atomic E-state index is 13.6. The van der Waals surface area contributed by atoms with Crippen LogP contribution in [0.2, 0.25) is 0 Å². The number of rotatable bonds is 3. The average Bonchev–Trinajstić information content (AvgIpc) is 3.30. The van der Waals surface area contributed by atoms with E-state index in [0.717, 1.165) is 53.6 Å². The van der Waals surface area contributed by atoms with Gasteiger partial charge >= 0.3 is 6.18 Å². The van der Waals surface area contributed by atoms with Gasteiger partial charge < -0.3 is 0 Å². The van der Waals surface area contributed by atoms with E-state index >= 15 is 0 Å². The zero-order chi connectivity index (χ0) is 18.5. The molecule has 0 aromatic carbocycles. The highest BCUT2D eigenvalue weighted by atomic mass is 32.2. The van der Waals surface area contributed by atoms with Gasteiger partial charge in [-0.15, -0.1) is 0 Å². The molecule has 2 fully saturated rings. The minimum absolute atomic E-state index is 0.0713. The van der Waals surface area contributed by atoms with Gasteiger partial charge in [-0.05, 0) is 43.5 Å². The van der Waals surface area contributed by atoms with E-state index in [1.54, 1.807) is 6.07 Å². The van der Waals surface area contributed by atoms with Crippen LogP contribution in [-0.4, -0.2) is 43.6 Å². The number of hydrogen-bond donors (Lipinski definition) is 0. The molecule has 0 unspecified atom stereocenters. The second-order valence-corrected chi connectivity index (χ2v) is 8.62. The fourth-order valence-corrected chi connectivity index (χ4v) is 5.24. The molecule has 2 aromatic rings. The second kappa shape index (κ2) is 6.71. The molecule has 4 nitrogen and oxygen atoms in total. The fraction of sp³-hybridized carbons (Fsp3) is 0.667. The monoisotopic (exact) mass is 384 g/mol. The van der Waals surface area contributed by atoms with Crippen LogP contribution in [0.4, 0.5) is 13.2 Å². The van der Waals surface area contributed by atoms with E-state index in [9.17, 15) is 13.2 Å². The predicted octanol–water partition coefficient (Wildman–Crippen LogP) is 4.51. The molecular weight excluding hydrogens is 361 g/mol. The number of hydrogen-bond acceptors (Lipinski definition) is 4. The van der Waals surface area contributed by atoms with E-state index in [1.807, 2.05) is 25.6 Å². The van der Waals surface area contributed by atoms with Crippen molar-refractivity contribution in [3.8, 4) is 0 Å². The van der Waals surface area contributed by atoms with Crippen molar-refractivity contribution < 1.29 is 13.2 Å². The highest BCUT2D eigenvalue weighted by molar-refractivity contribution is 7.99. The second-order valence-electron chi connectivity index (χ2n) is 7.47. The van der Waals surface area contributed by atoms with Crippen LogP contribution in [0.15, 0.2) is 12.1 Å². The Bertz CT molecular complexity index is 796. The number of alkyl halides is 3. The van der Waals surface area contributed by atoms with Gasteiger partial charge in [0.05, 0.1) is 11.7 Å². The third kappa shape index (κ3) is 3.22. The molecule has 2 aromatic heterocycles. The molecule has 2 aliphatic rings. The first-order chi connectivity index (χ1) is 12.3. The van der Waals surface area contributed by atoms with Crippen molar-refractivity contribution in [2.24, 2.45) is 0 Å². The van der Waals surface area contributed by atoms with Crippen molar-refractivity contribution in [1.29, 1.82) is 0 Å². The van der Waals surface area contributed by atoms with Crippen LogP contribution in [-0.2, 0) is 6.18 Å². The molecule has 26 heavy (non-hydrogen) atoms. The molecule has 2 saturated heterocycles. The van der Waals surface area contributed by atoms with Crippen molar-refractivity contribution in [1.82, 2.24) is 19.5 Å². The summed E-state index contributed by atoms with van der Waals surface area (Å²) in [5.74, 6) is 2.20. The number of halogens is 3. The lowest BCUT2D eigenvalue weighted by molar-refractivity contribution is -0.142. The largest absolute Gasteiger partial charge is 0.433 e. The lowest BCUT2D eigenvalue weighted by Crippen LogP contribution is -2.34. The zero-order valence-corrected chi connectivity index (χ0v) is 15.8. The maximum Gasteiger partial charge on any atom is 0.433 e. The molecule has 0 saturated carbocycles. The van der Waals surface area contributed by atoms with E-state index < -0.39 is 11.9 Å². The smallest absolute Gasteiger partial charge is 0.291 e. The van der Waals surface area contributed by atoms with E-state index in [-0.39, 0.29) is 12.0 Å². The SMILES string of the molecule is CC(C)c1cc(C(F)(F)F)n2nc([C@@H]3CCCN3[C@@H]3CCSC3)cc2n1. The van der Waals surface area contributed by atoms with Crippen LogP contribution >= 0.6 is 11.8 Å². The van der Waals surface area contributed by atoms with Crippen LogP contribution in [0, 0.1) is 0 Å². The Morgan fingerprint density at radius 2 is 2.04 bits per heavy atom. The Morgan fingerprint density at radius 1 is 1.23 bits per heavy atom. The van der Waals surface area contributed by atoms with Crippen molar-refractivity contribution in [2.45, 2.75) is 57.3 Å². The van der Waals surface area contributed by atoms with Crippen molar-refractivity contribution in [2.75, 3.05) is 18.1 Å². The Kier molecular flexibility index (Phi) is 4.67. The molecule has 2 atom stereocenters. The van der Waals surface area contributed by atoms with Gasteiger partial charge in [-0.25, -0.2) is 9.50 Å². The van der Waals surface area contributed by atoms with Crippen molar-refractivity contribution in [3.05, 3.63) is 29.2 Å². The summed E-state index contributed by atoms with van der Waals surface area (Å²) in [5.41, 5.74) is 0.731. The van der Waals surface area contributed by atoms with Gasteiger partial charge in [-0.3, -0.25) is 4.90 Å². The fourth-order valence-electron chi connectivity index (χ4n) is 4.00. The maximum atomic E-state index is 13.6. The van der Waals surface area contributed by atoms with Crippen LogP contribution < -0.4 is 0 Å². The summed E-state index contributed by atoms with van der Waals surface area (Å²) in [7, 11) is 0. The molecule has 4 rings (SSSR count). The van der Waals surface area contributed by atoms with Crippen molar-refractivity contribution in [3.63, 3.8) is 0 Å². The molecule has 0 aliphatic carbocycles. The predicted molar refractivity (Wildman–Crippen MR) is 96.5 cm³/mol. The number of thioether (sulfide) groups is 1. The van der Waals surface area contributed by atoms with E-state index in [4.69, 9.17) is 0 Å². The summed E-state index contributed by atoms with van der Waals surface area (Å²) >= 11 is 1.95. The normalized spacial score (nSPS) is 25.0. The quantitative estimate of drug-likeness (QED) is 0.779. The number of fused-ring (bicyclic) bond motifs is 1. The summed E-state index contributed by atoms with van der Waals surface area (Å²) in [4.78, 5) is 6.88. The highest BCUT2D eigenvalue weighted by Gasteiger charge is 2.38. The molecule has 0 amide bonds. The average molecular weight is 384 g/mol. The van der Waals surface area contributed by atoms with Gasteiger partial charge in [-0.1, -0.05) is 13.8 Å². The van der Waals surface area contributed by atoms with Crippen LogP contribution in [0.1, 0.15) is 62.2 Å². The lowest BCUT2D eigenvalue weighted by Gasteiger charge is -2.28. The molecule has 0 N–H and O–H groups in total. The number of likely N-dealkylation sites (tertiary alicyclic amines) is 1. The molecule has 142 valence electrons. The van der Waals surface area contributed by atoms with E-state index in [2.05, 4.69) is 15.0 Å². The minimum atomic E-state index is -4.45. The van der Waals surface area contributed by atoms with Gasteiger partial charge in [0.25, 0.3) is 0 Å². The standard InChI is InChI=1S/C18H23F3N4S/c1-11(2)13-8-16(18(19,20)21)25-17(22-13)9-14(23-25)15-4-3-6-24(15)12-5-7-26-10-12/h8-9,11-12,15H,3-7,10H2,1-2H3/t12-,15+/m1/s1. The number of aromatic nitrogens is 3. The molecule has 4 heterocycles. The molecule has 8 heteroatoms. The van der Waals surface area contributed by atoms with Gasteiger partial charge in [0.15, 0.2) is 5.65 Å². The Morgan fingerprint density at radius 3 is 2.69 bits per heavy atom. The summed E-state index contributed by atoms with van der Waals surface area (Å²) in [6.45, 7) is 4.71. The lowest BCUT2D eigenvalue weighted by atomic mass is 10.1.